The van der Waals surface area contributed by atoms with Gasteiger partial charge in [0, 0.05) is 0 Å². The molecule has 0 aromatic heterocycles. The summed E-state index contributed by atoms with van der Waals surface area (Å²) >= 11 is 3.15. The van der Waals surface area contributed by atoms with Gasteiger partial charge in [0.05, 0.1) is 4.47 Å². The molecule has 0 aliphatic heterocycles. The highest BCUT2D eigenvalue weighted by Gasteiger charge is 2.02. The van der Waals surface area contributed by atoms with Crippen LogP contribution < -0.4 is 0 Å². The van der Waals surface area contributed by atoms with Gasteiger partial charge < -0.3 is 0 Å². The number of hydrogen-bond acceptors (Lipinski definition) is 0. The molecule has 0 heterocycles. The third-order valence-corrected chi connectivity index (χ3v) is 2.58. The molecule has 0 spiro atoms. The van der Waals surface area contributed by atoms with Crippen molar-refractivity contribution in [1.29, 1.82) is 0 Å². The summed E-state index contributed by atoms with van der Waals surface area (Å²) in [5.74, 6) is -0.192. The Kier molecular flexibility index (Phi) is 2.09. The van der Waals surface area contributed by atoms with Crippen molar-refractivity contribution in [1.82, 2.24) is 0 Å². The fourth-order valence-corrected chi connectivity index (χ4v) is 1.19. The third-order valence-electron chi connectivity index (χ3n) is 1.61. The van der Waals surface area contributed by atoms with Crippen molar-refractivity contribution >= 4 is 15.9 Å². The predicted octanol–water partition coefficient (Wildman–Crippen LogP) is 3.21. The summed E-state index contributed by atoms with van der Waals surface area (Å²) < 4.78 is 13.3. The van der Waals surface area contributed by atoms with Gasteiger partial charge in [-0.15, -0.1) is 0 Å². The van der Waals surface area contributed by atoms with Crippen LogP contribution >= 0.6 is 15.9 Å². The van der Waals surface area contributed by atoms with Crippen molar-refractivity contribution in [2.45, 2.75) is 13.8 Å². The lowest BCUT2D eigenvalue weighted by atomic mass is 10.1. The van der Waals surface area contributed by atoms with E-state index in [0.29, 0.717) is 4.47 Å². The average molecular weight is 203 g/mol. The van der Waals surface area contributed by atoms with Gasteiger partial charge in [0.25, 0.3) is 0 Å². The van der Waals surface area contributed by atoms with E-state index in [-0.39, 0.29) is 5.82 Å². The first kappa shape index (κ1) is 7.73. The molecule has 0 N–H and O–H groups in total. The molecule has 10 heavy (non-hydrogen) atoms. The Hall–Kier alpha value is -0.370. The summed E-state index contributed by atoms with van der Waals surface area (Å²) in [7, 11) is 0. The molecule has 1 rings (SSSR count). The molecule has 54 valence electrons. The highest BCUT2D eigenvalue weighted by atomic mass is 79.9. The highest BCUT2D eigenvalue weighted by Crippen LogP contribution is 2.22. The topological polar surface area (TPSA) is 0 Å². The second kappa shape index (κ2) is 2.70. The molecule has 0 saturated carbocycles. The van der Waals surface area contributed by atoms with E-state index in [1.54, 1.807) is 6.07 Å². The Labute approximate surface area is 68.2 Å². The maximum Gasteiger partial charge on any atom is 0.137 e. The summed E-state index contributed by atoms with van der Waals surface area (Å²) in [5, 5.41) is 0. The molecule has 0 fully saturated rings. The van der Waals surface area contributed by atoms with Gasteiger partial charge in [-0.05, 0) is 47.0 Å². The molecule has 0 aliphatic rings. The lowest BCUT2D eigenvalue weighted by Gasteiger charge is -2.01. The Morgan fingerprint density at radius 3 is 2.40 bits per heavy atom. The second-order valence-electron chi connectivity index (χ2n) is 2.30. The van der Waals surface area contributed by atoms with E-state index in [1.807, 2.05) is 13.8 Å². The van der Waals surface area contributed by atoms with Crippen molar-refractivity contribution in [3.8, 4) is 0 Å². The number of aryl methyl sites for hydroxylation is 1. The molecule has 0 bridgehead atoms. The van der Waals surface area contributed by atoms with Crippen LogP contribution in [0.5, 0.6) is 0 Å². The van der Waals surface area contributed by atoms with E-state index in [1.165, 1.54) is 6.07 Å². The summed E-state index contributed by atoms with van der Waals surface area (Å²) in [6.07, 6.45) is 0. The third kappa shape index (κ3) is 1.21. The SMILES string of the molecule is Cc1ccc(F)c(Br)c1C. The molecule has 0 atom stereocenters. The van der Waals surface area contributed by atoms with Crippen LogP contribution in [-0.2, 0) is 0 Å². The van der Waals surface area contributed by atoms with Gasteiger partial charge in [-0.1, -0.05) is 6.07 Å². The molecular formula is C8H8BrF. The van der Waals surface area contributed by atoms with E-state index in [2.05, 4.69) is 15.9 Å². The van der Waals surface area contributed by atoms with Gasteiger partial charge in [0.1, 0.15) is 5.82 Å². The van der Waals surface area contributed by atoms with Crippen molar-refractivity contribution in [3.05, 3.63) is 33.5 Å². The smallest absolute Gasteiger partial charge is 0.137 e. The molecule has 2 heteroatoms. The van der Waals surface area contributed by atoms with Crippen LogP contribution in [0.1, 0.15) is 11.1 Å². The summed E-state index contributed by atoms with van der Waals surface area (Å²) in [4.78, 5) is 0. The molecule has 0 aliphatic carbocycles. The van der Waals surface area contributed by atoms with Crippen LogP contribution in [0.25, 0.3) is 0 Å². The molecule has 0 nitrogen and oxygen atoms in total. The molecule has 1 aromatic rings. The first-order valence-electron chi connectivity index (χ1n) is 3.04. The fourth-order valence-electron chi connectivity index (χ4n) is 0.749. The zero-order chi connectivity index (χ0) is 7.72. The molecule has 0 radical (unpaired) electrons. The Morgan fingerprint density at radius 2 is 1.90 bits per heavy atom. The minimum atomic E-state index is -0.192. The van der Waals surface area contributed by atoms with E-state index in [9.17, 15) is 4.39 Å². The number of hydrogen-bond donors (Lipinski definition) is 0. The Balaban J connectivity index is 3.34. The van der Waals surface area contributed by atoms with Crippen molar-refractivity contribution in [2.24, 2.45) is 0 Å². The minimum absolute atomic E-state index is 0.192. The van der Waals surface area contributed by atoms with Crippen molar-refractivity contribution in [2.75, 3.05) is 0 Å². The van der Waals surface area contributed by atoms with E-state index >= 15 is 0 Å². The van der Waals surface area contributed by atoms with E-state index in [4.69, 9.17) is 0 Å². The van der Waals surface area contributed by atoms with Crippen LogP contribution in [0.3, 0.4) is 0 Å². The summed E-state index contributed by atoms with van der Waals surface area (Å²) in [6, 6.07) is 3.24. The van der Waals surface area contributed by atoms with Gasteiger partial charge in [0.2, 0.25) is 0 Å². The standard InChI is InChI=1S/C8H8BrF/c1-5-3-4-7(10)8(9)6(5)2/h3-4H,1-2H3. The zero-order valence-electron chi connectivity index (χ0n) is 5.91. The van der Waals surface area contributed by atoms with Crippen LogP contribution in [0, 0.1) is 19.7 Å². The van der Waals surface area contributed by atoms with Crippen molar-refractivity contribution in [3.63, 3.8) is 0 Å². The summed E-state index contributed by atoms with van der Waals surface area (Å²) in [5.41, 5.74) is 2.08. The largest absolute Gasteiger partial charge is 0.206 e. The van der Waals surface area contributed by atoms with Gasteiger partial charge >= 0.3 is 0 Å². The Morgan fingerprint density at radius 1 is 1.30 bits per heavy atom. The van der Waals surface area contributed by atoms with Crippen LogP contribution in [0.4, 0.5) is 4.39 Å². The monoisotopic (exact) mass is 202 g/mol. The van der Waals surface area contributed by atoms with E-state index < -0.39 is 0 Å². The predicted molar refractivity (Wildman–Crippen MR) is 43.6 cm³/mol. The van der Waals surface area contributed by atoms with Gasteiger partial charge in [-0.3, -0.25) is 0 Å². The number of rotatable bonds is 0. The number of halogens is 2. The fraction of sp³-hybridized carbons (Fsp3) is 0.250. The summed E-state index contributed by atoms with van der Waals surface area (Å²) in [6.45, 7) is 3.85. The van der Waals surface area contributed by atoms with Crippen LogP contribution in [0.2, 0.25) is 0 Å². The quantitative estimate of drug-likeness (QED) is 0.607. The highest BCUT2D eigenvalue weighted by molar-refractivity contribution is 9.10. The lowest BCUT2D eigenvalue weighted by Crippen LogP contribution is -1.85. The number of benzene rings is 1. The maximum absolute atomic E-state index is 12.7. The minimum Gasteiger partial charge on any atom is -0.206 e. The molecular weight excluding hydrogens is 195 g/mol. The van der Waals surface area contributed by atoms with E-state index in [0.717, 1.165) is 11.1 Å². The van der Waals surface area contributed by atoms with Crippen LogP contribution in [-0.4, -0.2) is 0 Å². The Bertz CT molecular complexity index is 229. The maximum atomic E-state index is 12.7. The zero-order valence-corrected chi connectivity index (χ0v) is 7.50. The molecule has 0 unspecified atom stereocenters. The first-order valence-corrected chi connectivity index (χ1v) is 3.83. The van der Waals surface area contributed by atoms with Gasteiger partial charge in [0.15, 0.2) is 0 Å². The normalized spacial score (nSPS) is 10.0. The lowest BCUT2D eigenvalue weighted by molar-refractivity contribution is 0.619. The second-order valence-corrected chi connectivity index (χ2v) is 3.10. The molecule has 1 aromatic carbocycles. The molecule has 0 saturated heterocycles. The first-order chi connectivity index (χ1) is 4.63. The van der Waals surface area contributed by atoms with Gasteiger partial charge in [-0.25, -0.2) is 4.39 Å². The average Bonchev–Trinajstić information content (AvgIpc) is 1.93. The molecule has 0 amide bonds. The van der Waals surface area contributed by atoms with Gasteiger partial charge in [-0.2, -0.15) is 0 Å². The van der Waals surface area contributed by atoms with Crippen molar-refractivity contribution < 1.29 is 4.39 Å². The van der Waals surface area contributed by atoms with Crippen LogP contribution in [0.15, 0.2) is 16.6 Å².